The molecule has 0 aliphatic rings. The maximum Gasteiger partial charge on any atom is 0.144 e. The van der Waals surface area contributed by atoms with Crippen LogP contribution in [0.4, 0.5) is 0 Å². The molecule has 16 heavy (non-hydrogen) atoms. The summed E-state index contributed by atoms with van der Waals surface area (Å²) in [6.45, 7) is 1.93. The fraction of sp³-hybridized carbons (Fsp3) is 0.250. The second kappa shape index (κ2) is 5.16. The molecular formula is C12H14BrNO2. The van der Waals surface area contributed by atoms with E-state index in [-0.39, 0.29) is 5.75 Å². The molecule has 0 fully saturated rings. The van der Waals surface area contributed by atoms with Crippen LogP contribution in [0.25, 0.3) is 5.70 Å². The van der Waals surface area contributed by atoms with Crippen molar-refractivity contribution < 1.29 is 9.90 Å². The largest absolute Gasteiger partial charge is 0.506 e. The average molecular weight is 284 g/mol. The third-order valence-corrected chi connectivity index (χ3v) is 2.80. The number of phenols is 1. The second-order valence-electron chi connectivity index (χ2n) is 3.73. The van der Waals surface area contributed by atoms with Crippen molar-refractivity contribution in [1.82, 2.24) is 4.90 Å². The number of benzene rings is 1. The predicted octanol–water partition coefficient (Wildman–Crippen LogP) is 2.56. The van der Waals surface area contributed by atoms with Crippen LogP contribution in [0.3, 0.4) is 0 Å². The molecule has 0 radical (unpaired) electrons. The van der Waals surface area contributed by atoms with Gasteiger partial charge in [0.25, 0.3) is 0 Å². The molecule has 86 valence electrons. The summed E-state index contributed by atoms with van der Waals surface area (Å²) in [7, 11) is 3.65. The topological polar surface area (TPSA) is 40.5 Å². The fourth-order valence-corrected chi connectivity index (χ4v) is 2.05. The summed E-state index contributed by atoms with van der Waals surface area (Å²) >= 11 is 3.28. The van der Waals surface area contributed by atoms with Gasteiger partial charge >= 0.3 is 0 Å². The number of aldehydes is 1. The maximum absolute atomic E-state index is 10.6. The highest BCUT2D eigenvalue weighted by molar-refractivity contribution is 9.10. The molecule has 3 nitrogen and oxygen atoms in total. The zero-order valence-electron chi connectivity index (χ0n) is 9.49. The summed E-state index contributed by atoms with van der Waals surface area (Å²) in [6, 6.07) is 3.67. The Morgan fingerprint density at radius 1 is 1.44 bits per heavy atom. The summed E-state index contributed by atoms with van der Waals surface area (Å²) in [5.74, 6) is 0.146. The van der Waals surface area contributed by atoms with Crippen LogP contribution in [0, 0.1) is 6.92 Å². The molecule has 4 heteroatoms. The van der Waals surface area contributed by atoms with Gasteiger partial charge < -0.3 is 10.0 Å². The number of nitrogens with zero attached hydrogens (tertiary/aromatic N) is 1. The van der Waals surface area contributed by atoms with Crippen molar-refractivity contribution in [3.8, 4) is 5.75 Å². The summed E-state index contributed by atoms with van der Waals surface area (Å²) in [5, 5.41) is 9.94. The van der Waals surface area contributed by atoms with Crippen molar-refractivity contribution in [3.05, 3.63) is 33.8 Å². The SMILES string of the molecule is Cc1cc(Br)c(O)c(/C(=C\C=O)N(C)C)c1. The Balaban J connectivity index is 3.41. The minimum absolute atomic E-state index is 0.146. The molecule has 0 amide bonds. The van der Waals surface area contributed by atoms with Crippen LogP contribution in [-0.2, 0) is 4.79 Å². The molecule has 0 heterocycles. The molecule has 0 unspecified atom stereocenters. The number of carbonyl (C=O) groups is 1. The number of phenolic OH excluding ortho intramolecular Hbond substituents is 1. The zero-order chi connectivity index (χ0) is 12.3. The standard InChI is InChI=1S/C12H14BrNO2/c1-8-6-9(12(16)10(13)7-8)11(4-5-15)14(2)3/h4-7,16H,1-3H3/b11-4+. The van der Waals surface area contributed by atoms with Crippen LogP contribution in [0.15, 0.2) is 22.7 Å². The smallest absolute Gasteiger partial charge is 0.144 e. The van der Waals surface area contributed by atoms with Gasteiger partial charge in [0.2, 0.25) is 0 Å². The van der Waals surface area contributed by atoms with Crippen molar-refractivity contribution in [1.29, 1.82) is 0 Å². The Labute approximate surface area is 104 Å². The summed E-state index contributed by atoms with van der Waals surface area (Å²) < 4.78 is 0.626. The van der Waals surface area contributed by atoms with E-state index in [1.807, 2.05) is 33.2 Å². The molecule has 0 saturated heterocycles. The van der Waals surface area contributed by atoms with E-state index in [4.69, 9.17) is 0 Å². The van der Waals surface area contributed by atoms with Gasteiger partial charge in [0, 0.05) is 25.7 Å². The summed E-state index contributed by atoms with van der Waals surface area (Å²) in [4.78, 5) is 12.4. The molecule has 1 aromatic rings. The quantitative estimate of drug-likeness (QED) is 0.685. The van der Waals surface area contributed by atoms with E-state index in [1.54, 1.807) is 4.90 Å². The zero-order valence-corrected chi connectivity index (χ0v) is 11.1. The number of aryl methyl sites for hydroxylation is 1. The number of hydrogen-bond donors (Lipinski definition) is 1. The van der Waals surface area contributed by atoms with E-state index in [1.165, 1.54) is 6.08 Å². The minimum atomic E-state index is 0.146. The third kappa shape index (κ3) is 2.64. The number of carbonyl (C=O) groups excluding carboxylic acids is 1. The number of rotatable bonds is 3. The lowest BCUT2D eigenvalue weighted by atomic mass is 10.1. The van der Waals surface area contributed by atoms with E-state index in [2.05, 4.69) is 15.9 Å². The van der Waals surface area contributed by atoms with Gasteiger partial charge in [-0.1, -0.05) is 0 Å². The average Bonchev–Trinajstić information content (AvgIpc) is 2.20. The van der Waals surface area contributed by atoms with Crippen LogP contribution < -0.4 is 0 Å². The highest BCUT2D eigenvalue weighted by Crippen LogP contribution is 2.34. The number of aromatic hydroxyl groups is 1. The summed E-state index contributed by atoms with van der Waals surface area (Å²) in [5.41, 5.74) is 2.33. The predicted molar refractivity (Wildman–Crippen MR) is 68.3 cm³/mol. The van der Waals surface area contributed by atoms with E-state index < -0.39 is 0 Å². The van der Waals surface area contributed by atoms with Gasteiger partial charge in [-0.25, -0.2) is 0 Å². The number of hydrogen-bond acceptors (Lipinski definition) is 3. The van der Waals surface area contributed by atoms with Crippen LogP contribution in [-0.4, -0.2) is 30.4 Å². The molecule has 0 aliphatic heterocycles. The Bertz CT molecular complexity index is 439. The Kier molecular flexibility index (Phi) is 4.12. The van der Waals surface area contributed by atoms with Gasteiger partial charge in [0.05, 0.1) is 10.2 Å². The van der Waals surface area contributed by atoms with E-state index in [0.29, 0.717) is 22.0 Å². The summed E-state index contributed by atoms with van der Waals surface area (Å²) in [6.07, 6.45) is 2.14. The second-order valence-corrected chi connectivity index (χ2v) is 4.58. The van der Waals surface area contributed by atoms with Crippen LogP contribution in [0.5, 0.6) is 5.75 Å². The lowest BCUT2D eigenvalue weighted by molar-refractivity contribution is -0.104. The normalized spacial score (nSPS) is 11.4. The monoisotopic (exact) mass is 283 g/mol. The fourth-order valence-electron chi connectivity index (χ4n) is 1.47. The molecule has 1 N–H and O–H groups in total. The van der Waals surface area contributed by atoms with Gasteiger partial charge in [-0.15, -0.1) is 0 Å². The van der Waals surface area contributed by atoms with Crippen molar-refractivity contribution in [2.24, 2.45) is 0 Å². The first-order valence-corrected chi connectivity index (χ1v) is 5.59. The maximum atomic E-state index is 10.6. The molecule has 0 aliphatic carbocycles. The first kappa shape index (κ1) is 12.8. The molecule has 0 saturated carbocycles. The molecule has 0 aromatic heterocycles. The number of allylic oxidation sites excluding steroid dienone is 1. The molecule has 0 bridgehead atoms. The van der Waals surface area contributed by atoms with Gasteiger partial charge in [0.15, 0.2) is 0 Å². The van der Waals surface area contributed by atoms with E-state index in [0.717, 1.165) is 5.56 Å². The molecule has 0 spiro atoms. The highest BCUT2D eigenvalue weighted by atomic mass is 79.9. The van der Waals surface area contributed by atoms with E-state index in [9.17, 15) is 9.90 Å². The Morgan fingerprint density at radius 3 is 2.56 bits per heavy atom. The van der Waals surface area contributed by atoms with Gasteiger partial charge in [0.1, 0.15) is 12.0 Å². The van der Waals surface area contributed by atoms with Crippen molar-refractivity contribution >= 4 is 27.9 Å². The number of halogens is 1. The van der Waals surface area contributed by atoms with Gasteiger partial charge in [-0.2, -0.15) is 0 Å². The Morgan fingerprint density at radius 2 is 2.06 bits per heavy atom. The van der Waals surface area contributed by atoms with Crippen molar-refractivity contribution in [2.45, 2.75) is 6.92 Å². The molecular weight excluding hydrogens is 270 g/mol. The van der Waals surface area contributed by atoms with Crippen LogP contribution in [0.1, 0.15) is 11.1 Å². The van der Waals surface area contributed by atoms with Crippen molar-refractivity contribution in [2.75, 3.05) is 14.1 Å². The minimum Gasteiger partial charge on any atom is -0.506 e. The highest BCUT2D eigenvalue weighted by Gasteiger charge is 2.12. The lowest BCUT2D eigenvalue weighted by Crippen LogP contribution is -2.10. The van der Waals surface area contributed by atoms with Gasteiger partial charge in [-0.3, -0.25) is 4.79 Å². The van der Waals surface area contributed by atoms with Gasteiger partial charge in [-0.05, 0) is 40.5 Å². The van der Waals surface area contributed by atoms with Crippen molar-refractivity contribution in [3.63, 3.8) is 0 Å². The first-order chi connectivity index (χ1) is 7.47. The first-order valence-electron chi connectivity index (χ1n) is 4.79. The van der Waals surface area contributed by atoms with Crippen LogP contribution in [0.2, 0.25) is 0 Å². The molecule has 1 rings (SSSR count). The molecule has 0 atom stereocenters. The Hall–Kier alpha value is -1.29. The third-order valence-electron chi connectivity index (χ3n) is 2.19. The molecule has 1 aromatic carbocycles. The van der Waals surface area contributed by atoms with Crippen LogP contribution >= 0.6 is 15.9 Å². The van der Waals surface area contributed by atoms with E-state index >= 15 is 0 Å². The lowest BCUT2D eigenvalue weighted by Gasteiger charge is -2.18.